The Morgan fingerprint density at radius 1 is 0.469 bits per heavy atom. The predicted octanol–water partition coefficient (Wildman–Crippen LogP) is 8.92. The average molecular weight is 420 g/mol. The SMILES string of the molecule is c1ccc2cc(CCCCCCCCCn3c4ccccc4c4ccccc43)ccc2c1. The number of unbranched alkanes of at least 4 members (excludes halogenated alkanes) is 6. The fourth-order valence-corrected chi connectivity index (χ4v) is 5.12. The topological polar surface area (TPSA) is 4.93 Å². The van der Waals surface area contributed by atoms with Gasteiger partial charge in [-0.3, -0.25) is 0 Å². The molecule has 0 atom stereocenters. The Kier molecular flexibility index (Phi) is 6.53. The summed E-state index contributed by atoms with van der Waals surface area (Å²) < 4.78 is 2.52. The molecule has 0 aliphatic heterocycles. The van der Waals surface area contributed by atoms with Crippen LogP contribution in [-0.2, 0) is 13.0 Å². The van der Waals surface area contributed by atoms with Gasteiger partial charge in [0.05, 0.1) is 0 Å². The fourth-order valence-electron chi connectivity index (χ4n) is 5.12. The van der Waals surface area contributed by atoms with Crippen LogP contribution in [0, 0.1) is 0 Å². The van der Waals surface area contributed by atoms with Crippen LogP contribution in [-0.4, -0.2) is 4.57 Å². The zero-order chi connectivity index (χ0) is 21.6. The number of benzene rings is 4. The van der Waals surface area contributed by atoms with Crippen molar-refractivity contribution in [3.05, 3.63) is 96.6 Å². The molecule has 0 unspecified atom stereocenters. The quantitative estimate of drug-likeness (QED) is 0.199. The van der Waals surface area contributed by atoms with Crippen molar-refractivity contribution in [3.8, 4) is 0 Å². The van der Waals surface area contributed by atoms with Crippen molar-refractivity contribution >= 4 is 32.6 Å². The molecule has 1 nitrogen and oxygen atoms in total. The Bertz CT molecular complexity index is 1260. The van der Waals surface area contributed by atoms with Crippen LogP contribution >= 0.6 is 0 Å². The first-order valence-corrected chi connectivity index (χ1v) is 12.3. The van der Waals surface area contributed by atoms with Crippen LogP contribution in [0.25, 0.3) is 32.6 Å². The molecule has 0 bridgehead atoms. The smallest absolute Gasteiger partial charge is 0.0491 e. The molecule has 0 aliphatic rings. The Morgan fingerprint density at radius 2 is 1.03 bits per heavy atom. The van der Waals surface area contributed by atoms with Crippen LogP contribution in [0.4, 0.5) is 0 Å². The van der Waals surface area contributed by atoms with E-state index in [4.69, 9.17) is 0 Å². The van der Waals surface area contributed by atoms with E-state index in [-0.39, 0.29) is 0 Å². The van der Waals surface area contributed by atoms with Crippen LogP contribution < -0.4 is 0 Å². The van der Waals surface area contributed by atoms with E-state index in [2.05, 4.69) is 95.6 Å². The Hall–Kier alpha value is -3.06. The maximum Gasteiger partial charge on any atom is 0.0491 e. The molecule has 4 aromatic carbocycles. The van der Waals surface area contributed by atoms with Gasteiger partial charge in [0.1, 0.15) is 0 Å². The summed E-state index contributed by atoms with van der Waals surface area (Å²) >= 11 is 0. The molecule has 0 amide bonds. The predicted molar refractivity (Wildman–Crippen MR) is 139 cm³/mol. The molecule has 0 spiro atoms. The standard InChI is InChI=1S/C31H33N/c1(2-4-6-14-25-21-22-26-15-7-8-16-27(26)24-25)3-5-13-23-32-30-19-11-9-17-28(30)29-18-10-12-20-31(29)32/h7-12,15-22,24H,1-6,13-14,23H2. The minimum atomic E-state index is 1.12. The van der Waals surface area contributed by atoms with E-state index in [0.717, 1.165) is 6.54 Å². The maximum absolute atomic E-state index is 2.52. The number of hydrogen-bond acceptors (Lipinski definition) is 0. The number of aromatic nitrogens is 1. The second-order valence-corrected chi connectivity index (χ2v) is 9.09. The first-order chi connectivity index (χ1) is 15.9. The molecule has 1 heterocycles. The monoisotopic (exact) mass is 419 g/mol. The lowest BCUT2D eigenvalue weighted by Crippen LogP contribution is -1.97. The molecular weight excluding hydrogens is 386 g/mol. The highest BCUT2D eigenvalue weighted by Gasteiger charge is 2.08. The van der Waals surface area contributed by atoms with Gasteiger partial charge < -0.3 is 4.57 Å². The maximum atomic E-state index is 2.52. The first-order valence-electron chi connectivity index (χ1n) is 12.3. The summed E-state index contributed by atoms with van der Waals surface area (Å²) in [4.78, 5) is 0. The van der Waals surface area contributed by atoms with Gasteiger partial charge in [0, 0.05) is 28.4 Å². The molecule has 0 fully saturated rings. The van der Waals surface area contributed by atoms with Gasteiger partial charge in [-0.05, 0) is 47.7 Å². The molecule has 0 aliphatic carbocycles. The third kappa shape index (κ3) is 4.58. The highest BCUT2D eigenvalue weighted by Crippen LogP contribution is 2.29. The molecule has 5 rings (SSSR count). The zero-order valence-corrected chi connectivity index (χ0v) is 19.0. The summed E-state index contributed by atoms with van der Waals surface area (Å²) in [7, 11) is 0. The molecule has 0 saturated carbocycles. The normalized spacial score (nSPS) is 11.6. The summed E-state index contributed by atoms with van der Waals surface area (Å²) in [5.74, 6) is 0. The van der Waals surface area contributed by atoms with Gasteiger partial charge >= 0.3 is 0 Å². The lowest BCUT2D eigenvalue weighted by molar-refractivity contribution is 0.555. The van der Waals surface area contributed by atoms with E-state index in [1.165, 1.54) is 89.5 Å². The molecule has 162 valence electrons. The van der Waals surface area contributed by atoms with Crippen LogP contribution in [0.1, 0.15) is 50.5 Å². The van der Waals surface area contributed by atoms with Crippen LogP contribution in [0.15, 0.2) is 91.0 Å². The van der Waals surface area contributed by atoms with Crippen molar-refractivity contribution in [2.45, 2.75) is 57.9 Å². The Labute approximate surface area is 191 Å². The van der Waals surface area contributed by atoms with Gasteiger partial charge in [0.25, 0.3) is 0 Å². The third-order valence-corrected chi connectivity index (χ3v) is 6.84. The summed E-state index contributed by atoms with van der Waals surface area (Å²) in [5, 5.41) is 5.48. The van der Waals surface area contributed by atoms with Crippen molar-refractivity contribution in [1.29, 1.82) is 0 Å². The molecule has 1 aromatic heterocycles. The molecule has 5 aromatic rings. The van der Waals surface area contributed by atoms with Crippen LogP contribution in [0.5, 0.6) is 0 Å². The van der Waals surface area contributed by atoms with Crippen molar-refractivity contribution in [3.63, 3.8) is 0 Å². The highest BCUT2D eigenvalue weighted by atomic mass is 15.0. The largest absolute Gasteiger partial charge is 0.340 e. The van der Waals surface area contributed by atoms with Crippen molar-refractivity contribution in [1.82, 2.24) is 4.57 Å². The number of fused-ring (bicyclic) bond motifs is 4. The molecule has 0 N–H and O–H groups in total. The summed E-state index contributed by atoms with van der Waals surface area (Å²) in [6, 6.07) is 33.3. The fraction of sp³-hybridized carbons (Fsp3) is 0.290. The minimum absolute atomic E-state index is 1.12. The summed E-state index contributed by atoms with van der Waals surface area (Å²) in [5.41, 5.74) is 4.24. The van der Waals surface area contributed by atoms with Gasteiger partial charge in [-0.2, -0.15) is 0 Å². The van der Waals surface area contributed by atoms with Crippen molar-refractivity contribution in [2.24, 2.45) is 0 Å². The third-order valence-electron chi connectivity index (χ3n) is 6.84. The van der Waals surface area contributed by atoms with E-state index < -0.39 is 0 Å². The second kappa shape index (κ2) is 10.0. The highest BCUT2D eigenvalue weighted by molar-refractivity contribution is 6.07. The van der Waals surface area contributed by atoms with E-state index in [0.29, 0.717) is 0 Å². The lowest BCUT2D eigenvalue weighted by atomic mass is 10.0. The average Bonchev–Trinajstić information content (AvgIpc) is 3.17. The number of aryl methyl sites for hydroxylation is 2. The molecular formula is C31H33N. The van der Waals surface area contributed by atoms with E-state index in [9.17, 15) is 0 Å². The van der Waals surface area contributed by atoms with Crippen LogP contribution in [0.2, 0.25) is 0 Å². The Balaban J connectivity index is 1.03. The van der Waals surface area contributed by atoms with E-state index >= 15 is 0 Å². The second-order valence-electron chi connectivity index (χ2n) is 9.09. The van der Waals surface area contributed by atoms with Gasteiger partial charge in [0.15, 0.2) is 0 Å². The number of para-hydroxylation sites is 2. The molecule has 32 heavy (non-hydrogen) atoms. The minimum Gasteiger partial charge on any atom is -0.340 e. The zero-order valence-electron chi connectivity index (χ0n) is 19.0. The summed E-state index contributed by atoms with van der Waals surface area (Å²) in [6.45, 7) is 1.12. The van der Waals surface area contributed by atoms with Gasteiger partial charge in [0.2, 0.25) is 0 Å². The van der Waals surface area contributed by atoms with Gasteiger partial charge in [-0.15, -0.1) is 0 Å². The number of nitrogens with zero attached hydrogens (tertiary/aromatic N) is 1. The van der Waals surface area contributed by atoms with Gasteiger partial charge in [-0.25, -0.2) is 0 Å². The van der Waals surface area contributed by atoms with Crippen molar-refractivity contribution < 1.29 is 0 Å². The van der Waals surface area contributed by atoms with E-state index in [1.54, 1.807) is 0 Å². The number of hydrogen-bond donors (Lipinski definition) is 0. The van der Waals surface area contributed by atoms with Gasteiger partial charge in [-0.1, -0.05) is 111 Å². The lowest BCUT2D eigenvalue weighted by Gasteiger charge is -2.08. The molecule has 0 saturated heterocycles. The molecule has 0 radical (unpaired) electrons. The van der Waals surface area contributed by atoms with E-state index in [1.807, 2.05) is 0 Å². The molecule has 1 heteroatoms. The summed E-state index contributed by atoms with van der Waals surface area (Å²) in [6.07, 6.45) is 10.5. The number of rotatable bonds is 10. The first kappa shape index (κ1) is 20.8. The van der Waals surface area contributed by atoms with Crippen LogP contribution in [0.3, 0.4) is 0 Å². The van der Waals surface area contributed by atoms with Crippen molar-refractivity contribution in [2.75, 3.05) is 0 Å². The Morgan fingerprint density at radius 3 is 1.75 bits per heavy atom.